The first-order valence-corrected chi connectivity index (χ1v) is 6.38. The van der Waals surface area contributed by atoms with Crippen LogP contribution in [0.3, 0.4) is 0 Å². The lowest BCUT2D eigenvalue weighted by Gasteiger charge is -2.15. The lowest BCUT2D eigenvalue weighted by molar-refractivity contribution is 0.470. The summed E-state index contributed by atoms with van der Waals surface area (Å²) in [6.45, 7) is 4.13. The van der Waals surface area contributed by atoms with Gasteiger partial charge in [-0.15, -0.1) is 0 Å². The van der Waals surface area contributed by atoms with E-state index in [1.54, 1.807) is 0 Å². The number of ether oxygens (including phenoxy) is 1. The summed E-state index contributed by atoms with van der Waals surface area (Å²) in [5.41, 5.74) is 7.14. The molecule has 0 aliphatic carbocycles. The summed E-state index contributed by atoms with van der Waals surface area (Å²) in [6.07, 6.45) is 0. The third-order valence-electron chi connectivity index (χ3n) is 2.81. The van der Waals surface area contributed by atoms with E-state index in [0.717, 1.165) is 5.56 Å². The van der Waals surface area contributed by atoms with Crippen LogP contribution < -0.4 is 10.5 Å². The van der Waals surface area contributed by atoms with E-state index in [1.165, 1.54) is 12.1 Å². The van der Waals surface area contributed by atoms with Crippen molar-refractivity contribution in [3.63, 3.8) is 0 Å². The summed E-state index contributed by atoms with van der Waals surface area (Å²) in [5.74, 6) is 0.698. The zero-order valence-corrected chi connectivity index (χ0v) is 11.5. The molecule has 0 saturated carbocycles. The van der Waals surface area contributed by atoms with E-state index in [1.807, 2.05) is 24.3 Å². The average molecular weight is 280 g/mol. The number of anilines is 1. The minimum Gasteiger partial charge on any atom is -0.455 e. The number of para-hydroxylation sites is 1. The van der Waals surface area contributed by atoms with Crippen molar-refractivity contribution in [1.29, 1.82) is 0 Å². The molecule has 2 nitrogen and oxygen atoms in total. The third kappa shape index (κ3) is 2.99. The minimum atomic E-state index is -0.548. The number of halogens is 2. The average Bonchev–Trinajstić information content (AvgIpc) is 2.36. The van der Waals surface area contributed by atoms with E-state index in [4.69, 9.17) is 22.1 Å². The van der Waals surface area contributed by atoms with Gasteiger partial charge in [-0.25, -0.2) is 4.39 Å². The number of nitrogen functional groups attached to an aromatic ring is 1. The summed E-state index contributed by atoms with van der Waals surface area (Å²) in [5, 5.41) is -0.0120. The summed E-state index contributed by atoms with van der Waals surface area (Å²) in [6, 6.07) is 10.2. The fraction of sp³-hybridized carbons (Fsp3) is 0.200. The van der Waals surface area contributed by atoms with Crippen molar-refractivity contribution in [2.45, 2.75) is 19.8 Å². The van der Waals surface area contributed by atoms with Crippen LogP contribution in [0, 0.1) is 5.82 Å². The fourth-order valence-electron chi connectivity index (χ4n) is 1.80. The zero-order chi connectivity index (χ0) is 14.0. The molecule has 0 aromatic heterocycles. The van der Waals surface area contributed by atoms with E-state index >= 15 is 0 Å². The van der Waals surface area contributed by atoms with Gasteiger partial charge in [-0.05, 0) is 23.6 Å². The molecule has 0 heterocycles. The fourth-order valence-corrected chi connectivity index (χ4v) is 1.97. The predicted octanol–water partition coefficient (Wildman–Crippen LogP) is 4.98. The Labute approximate surface area is 117 Å². The Morgan fingerprint density at radius 3 is 2.53 bits per heavy atom. The highest BCUT2D eigenvalue weighted by Gasteiger charge is 2.12. The molecule has 0 fully saturated rings. The smallest absolute Gasteiger partial charge is 0.153 e. The van der Waals surface area contributed by atoms with Gasteiger partial charge in [0, 0.05) is 6.07 Å². The number of hydrogen-bond donors (Lipinski definition) is 1. The summed E-state index contributed by atoms with van der Waals surface area (Å²) in [4.78, 5) is 0. The summed E-state index contributed by atoms with van der Waals surface area (Å²) >= 11 is 5.66. The molecule has 4 heteroatoms. The molecule has 0 atom stereocenters. The number of nitrogens with two attached hydrogens (primary N) is 1. The van der Waals surface area contributed by atoms with Crippen LogP contribution in [0.5, 0.6) is 11.5 Å². The molecule has 0 bridgehead atoms. The molecule has 0 amide bonds. The Kier molecular flexibility index (Phi) is 3.96. The summed E-state index contributed by atoms with van der Waals surface area (Å²) in [7, 11) is 0. The maximum Gasteiger partial charge on any atom is 0.153 e. The Morgan fingerprint density at radius 1 is 1.16 bits per heavy atom. The van der Waals surface area contributed by atoms with Gasteiger partial charge in [-0.1, -0.05) is 43.6 Å². The molecular formula is C15H15ClFNO. The lowest BCUT2D eigenvalue weighted by Crippen LogP contribution is -1.97. The Balaban J connectivity index is 2.39. The first-order chi connectivity index (χ1) is 8.99. The SMILES string of the molecule is CC(C)c1ccccc1Oc1cc(F)c(Cl)cc1N. The number of benzene rings is 2. The van der Waals surface area contributed by atoms with Gasteiger partial charge in [0.1, 0.15) is 11.6 Å². The molecule has 2 aromatic rings. The van der Waals surface area contributed by atoms with Crippen LogP contribution in [0.1, 0.15) is 25.3 Å². The van der Waals surface area contributed by atoms with Crippen molar-refractivity contribution in [3.05, 3.63) is 52.8 Å². The highest BCUT2D eigenvalue weighted by molar-refractivity contribution is 6.31. The van der Waals surface area contributed by atoms with Crippen LogP contribution in [-0.2, 0) is 0 Å². The highest BCUT2D eigenvalue weighted by atomic mass is 35.5. The summed E-state index contributed by atoms with van der Waals surface area (Å²) < 4.78 is 19.2. The normalized spacial score (nSPS) is 10.8. The van der Waals surface area contributed by atoms with Gasteiger partial charge >= 0.3 is 0 Å². The quantitative estimate of drug-likeness (QED) is 0.805. The first kappa shape index (κ1) is 13.7. The van der Waals surface area contributed by atoms with E-state index in [0.29, 0.717) is 17.4 Å². The molecule has 0 spiro atoms. The molecule has 0 radical (unpaired) electrons. The van der Waals surface area contributed by atoms with Crippen molar-refractivity contribution in [2.75, 3.05) is 5.73 Å². The van der Waals surface area contributed by atoms with Crippen LogP contribution in [0.2, 0.25) is 5.02 Å². The Hall–Kier alpha value is -1.74. The molecular weight excluding hydrogens is 265 g/mol. The standard InChI is InChI=1S/C15H15ClFNO/c1-9(2)10-5-3-4-6-14(10)19-15-8-12(17)11(16)7-13(15)18/h3-9H,18H2,1-2H3. The molecule has 19 heavy (non-hydrogen) atoms. The zero-order valence-electron chi connectivity index (χ0n) is 10.8. The molecule has 0 unspecified atom stereocenters. The van der Waals surface area contributed by atoms with E-state index < -0.39 is 5.82 Å². The minimum absolute atomic E-state index is 0.0120. The van der Waals surface area contributed by atoms with Crippen molar-refractivity contribution < 1.29 is 9.13 Å². The van der Waals surface area contributed by atoms with Crippen molar-refractivity contribution in [1.82, 2.24) is 0 Å². The molecule has 0 aliphatic rings. The first-order valence-electron chi connectivity index (χ1n) is 6.00. The van der Waals surface area contributed by atoms with Crippen LogP contribution in [-0.4, -0.2) is 0 Å². The Morgan fingerprint density at radius 2 is 1.84 bits per heavy atom. The monoisotopic (exact) mass is 279 g/mol. The maximum absolute atomic E-state index is 13.5. The van der Waals surface area contributed by atoms with Gasteiger partial charge in [-0.3, -0.25) is 0 Å². The second-order valence-corrected chi connectivity index (χ2v) is 5.01. The second kappa shape index (κ2) is 5.49. The lowest BCUT2D eigenvalue weighted by atomic mass is 10.0. The largest absolute Gasteiger partial charge is 0.455 e. The van der Waals surface area contributed by atoms with Gasteiger partial charge in [0.2, 0.25) is 0 Å². The van der Waals surface area contributed by atoms with Gasteiger partial charge < -0.3 is 10.5 Å². The predicted molar refractivity (Wildman–Crippen MR) is 76.4 cm³/mol. The maximum atomic E-state index is 13.5. The van der Waals surface area contributed by atoms with Crippen molar-refractivity contribution in [2.24, 2.45) is 0 Å². The molecule has 0 saturated heterocycles. The van der Waals surface area contributed by atoms with Crippen LogP contribution in [0.25, 0.3) is 0 Å². The van der Waals surface area contributed by atoms with Crippen LogP contribution in [0.15, 0.2) is 36.4 Å². The van der Waals surface area contributed by atoms with Gasteiger partial charge in [-0.2, -0.15) is 0 Å². The topological polar surface area (TPSA) is 35.2 Å². The van der Waals surface area contributed by atoms with E-state index in [-0.39, 0.29) is 10.8 Å². The number of rotatable bonds is 3. The molecule has 2 rings (SSSR count). The number of hydrogen-bond acceptors (Lipinski definition) is 2. The molecule has 100 valence electrons. The van der Waals surface area contributed by atoms with Gasteiger partial charge in [0.25, 0.3) is 0 Å². The van der Waals surface area contributed by atoms with Gasteiger partial charge in [0.05, 0.1) is 10.7 Å². The second-order valence-electron chi connectivity index (χ2n) is 4.60. The Bertz CT molecular complexity index is 599. The van der Waals surface area contributed by atoms with E-state index in [9.17, 15) is 4.39 Å². The molecule has 2 N–H and O–H groups in total. The van der Waals surface area contributed by atoms with E-state index in [2.05, 4.69) is 13.8 Å². The highest BCUT2D eigenvalue weighted by Crippen LogP contribution is 2.35. The van der Waals surface area contributed by atoms with Crippen LogP contribution >= 0.6 is 11.6 Å². The van der Waals surface area contributed by atoms with Crippen LogP contribution in [0.4, 0.5) is 10.1 Å². The molecule has 2 aromatic carbocycles. The van der Waals surface area contributed by atoms with Crippen molar-refractivity contribution >= 4 is 17.3 Å². The van der Waals surface area contributed by atoms with Crippen molar-refractivity contribution in [3.8, 4) is 11.5 Å². The molecule has 0 aliphatic heterocycles. The third-order valence-corrected chi connectivity index (χ3v) is 3.10. The van der Waals surface area contributed by atoms with Gasteiger partial charge in [0.15, 0.2) is 5.75 Å².